The van der Waals surface area contributed by atoms with Gasteiger partial charge in [-0.2, -0.15) is 5.10 Å². The second-order valence-electron chi connectivity index (χ2n) is 4.61. The number of fused-ring (bicyclic) bond motifs is 1. The molecule has 0 amide bonds. The number of rotatable bonds is 2. The van der Waals surface area contributed by atoms with Crippen molar-refractivity contribution in [3.05, 3.63) is 45.6 Å². The van der Waals surface area contributed by atoms with Crippen molar-refractivity contribution in [1.82, 2.24) is 19.3 Å². The predicted molar refractivity (Wildman–Crippen MR) is 75.6 cm³/mol. The van der Waals surface area contributed by atoms with Gasteiger partial charge in [-0.25, -0.2) is 4.98 Å². The summed E-state index contributed by atoms with van der Waals surface area (Å²) in [4.78, 5) is 16.8. The Bertz CT molecular complexity index is 798. The second kappa shape index (κ2) is 4.31. The van der Waals surface area contributed by atoms with E-state index in [4.69, 9.17) is 0 Å². The van der Waals surface area contributed by atoms with Gasteiger partial charge >= 0.3 is 0 Å². The summed E-state index contributed by atoms with van der Waals surface area (Å²) in [7, 11) is 1.88. The highest BCUT2D eigenvalue weighted by atomic mass is 32.1. The second-order valence-corrected chi connectivity index (χ2v) is 5.53. The predicted octanol–water partition coefficient (Wildman–Crippen LogP) is 2.11. The maximum absolute atomic E-state index is 12.4. The van der Waals surface area contributed by atoms with E-state index in [1.807, 2.05) is 38.5 Å². The highest BCUT2D eigenvalue weighted by Crippen LogP contribution is 2.20. The van der Waals surface area contributed by atoms with Crippen LogP contribution in [0.3, 0.4) is 0 Å². The van der Waals surface area contributed by atoms with Crippen LogP contribution in [0.1, 0.15) is 24.2 Å². The molecular weight excluding hydrogens is 260 g/mol. The van der Waals surface area contributed by atoms with Crippen molar-refractivity contribution < 1.29 is 0 Å². The average Bonchev–Trinajstić information content (AvgIpc) is 2.96. The largest absolute Gasteiger partial charge is 0.291 e. The lowest BCUT2D eigenvalue weighted by Crippen LogP contribution is -2.23. The van der Waals surface area contributed by atoms with Gasteiger partial charge in [-0.3, -0.25) is 14.0 Å². The molecule has 3 rings (SSSR count). The number of nitrogens with zero attached hydrogens (tertiary/aromatic N) is 4. The van der Waals surface area contributed by atoms with Crippen LogP contribution in [0.2, 0.25) is 0 Å². The van der Waals surface area contributed by atoms with Crippen LogP contribution in [0, 0.1) is 6.92 Å². The van der Waals surface area contributed by atoms with E-state index in [0.717, 1.165) is 16.8 Å². The minimum absolute atomic E-state index is 0.00996. The van der Waals surface area contributed by atoms with E-state index in [-0.39, 0.29) is 11.6 Å². The fourth-order valence-electron chi connectivity index (χ4n) is 2.31. The third kappa shape index (κ3) is 1.88. The van der Waals surface area contributed by atoms with E-state index in [0.29, 0.717) is 4.70 Å². The van der Waals surface area contributed by atoms with Crippen molar-refractivity contribution in [2.24, 2.45) is 7.05 Å². The Hall–Kier alpha value is -1.95. The van der Waals surface area contributed by atoms with Crippen LogP contribution in [-0.4, -0.2) is 19.3 Å². The zero-order valence-corrected chi connectivity index (χ0v) is 11.8. The van der Waals surface area contributed by atoms with Crippen LogP contribution in [-0.2, 0) is 7.05 Å². The fraction of sp³-hybridized carbons (Fsp3) is 0.308. The van der Waals surface area contributed by atoms with Crippen LogP contribution in [0.5, 0.6) is 0 Å². The first-order valence-corrected chi connectivity index (χ1v) is 6.90. The van der Waals surface area contributed by atoms with Crippen LogP contribution in [0.4, 0.5) is 0 Å². The molecule has 98 valence electrons. The first kappa shape index (κ1) is 12.1. The molecule has 19 heavy (non-hydrogen) atoms. The smallest absolute Gasteiger partial charge is 0.271 e. The third-order valence-corrected chi connectivity index (χ3v) is 4.20. The summed E-state index contributed by atoms with van der Waals surface area (Å²) >= 11 is 1.43. The van der Waals surface area contributed by atoms with Crippen molar-refractivity contribution in [1.29, 1.82) is 0 Å². The van der Waals surface area contributed by atoms with Gasteiger partial charge in [-0.05, 0) is 25.3 Å². The number of hydrogen-bond acceptors (Lipinski definition) is 4. The zero-order chi connectivity index (χ0) is 13.6. The normalized spacial score (nSPS) is 13.0. The minimum Gasteiger partial charge on any atom is -0.291 e. The molecule has 0 aliphatic heterocycles. The Kier molecular flexibility index (Phi) is 2.74. The van der Waals surface area contributed by atoms with E-state index in [1.54, 1.807) is 15.6 Å². The minimum atomic E-state index is -0.0693. The Balaban J connectivity index is 2.16. The Morgan fingerprint density at radius 3 is 2.89 bits per heavy atom. The number of aryl methyl sites for hydroxylation is 2. The van der Waals surface area contributed by atoms with Crippen LogP contribution in [0.15, 0.2) is 28.8 Å². The molecule has 0 aliphatic carbocycles. The molecule has 0 bridgehead atoms. The van der Waals surface area contributed by atoms with Gasteiger partial charge in [0.1, 0.15) is 4.70 Å². The number of aromatic nitrogens is 4. The van der Waals surface area contributed by atoms with Gasteiger partial charge in [-0.1, -0.05) is 0 Å². The fourth-order valence-corrected chi connectivity index (χ4v) is 3.09. The molecule has 0 saturated heterocycles. The molecule has 3 aromatic heterocycles. The van der Waals surface area contributed by atoms with Gasteiger partial charge in [0.25, 0.3) is 5.56 Å². The van der Waals surface area contributed by atoms with E-state index in [2.05, 4.69) is 10.1 Å². The van der Waals surface area contributed by atoms with Gasteiger partial charge in [-0.15, -0.1) is 11.3 Å². The first-order chi connectivity index (χ1) is 9.08. The molecule has 0 aliphatic rings. The van der Waals surface area contributed by atoms with Crippen molar-refractivity contribution in [2.75, 3.05) is 0 Å². The molecule has 0 spiro atoms. The van der Waals surface area contributed by atoms with E-state index >= 15 is 0 Å². The third-order valence-electron chi connectivity index (χ3n) is 3.31. The quantitative estimate of drug-likeness (QED) is 0.719. The summed E-state index contributed by atoms with van der Waals surface area (Å²) in [6.07, 6.45) is 3.57. The maximum atomic E-state index is 12.4. The topological polar surface area (TPSA) is 52.7 Å². The van der Waals surface area contributed by atoms with Gasteiger partial charge in [0.15, 0.2) is 0 Å². The summed E-state index contributed by atoms with van der Waals surface area (Å²) in [6, 6.07) is 1.80. The Labute approximate surface area is 114 Å². The van der Waals surface area contributed by atoms with Crippen molar-refractivity contribution >= 4 is 21.6 Å². The van der Waals surface area contributed by atoms with E-state index in [1.165, 1.54) is 11.3 Å². The summed E-state index contributed by atoms with van der Waals surface area (Å²) in [5.74, 6) is 0. The molecule has 0 aromatic carbocycles. The van der Waals surface area contributed by atoms with Gasteiger partial charge in [0, 0.05) is 18.8 Å². The molecule has 1 atom stereocenters. The van der Waals surface area contributed by atoms with Crippen LogP contribution in [0.25, 0.3) is 10.2 Å². The van der Waals surface area contributed by atoms with E-state index in [9.17, 15) is 4.79 Å². The molecule has 0 fully saturated rings. The van der Waals surface area contributed by atoms with Crippen LogP contribution < -0.4 is 5.56 Å². The summed E-state index contributed by atoms with van der Waals surface area (Å²) in [6.45, 7) is 3.94. The summed E-state index contributed by atoms with van der Waals surface area (Å²) in [5.41, 5.74) is 2.76. The monoisotopic (exact) mass is 274 g/mol. The summed E-state index contributed by atoms with van der Waals surface area (Å²) < 4.78 is 4.14. The first-order valence-electron chi connectivity index (χ1n) is 6.02. The molecule has 0 saturated carbocycles. The molecule has 1 unspecified atom stereocenters. The van der Waals surface area contributed by atoms with Gasteiger partial charge < -0.3 is 0 Å². The van der Waals surface area contributed by atoms with Gasteiger partial charge in [0.05, 0.1) is 23.6 Å². The lowest BCUT2D eigenvalue weighted by Gasteiger charge is -2.13. The molecular formula is C13H14N4OS. The molecule has 3 heterocycles. The summed E-state index contributed by atoms with van der Waals surface area (Å²) in [5, 5.41) is 6.22. The molecule has 0 radical (unpaired) electrons. The average molecular weight is 274 g/mol. The Morgan fingerprint density at radius 2 is 2.21 bits per heavy atom. The Morgan fingerprint density at radius 1 is 1.42 bits per heavy atom. The molecule has 0 N–H and O–H groups in total. The van der Waals surface area contributed by atoms with Crippen molar-refractivity contribution in [3.63, 3.8) is 0 Å². The number of thiophene rings is 1. The lowest BCUT2D eigenvalue weighted by atomic mass is 10.1. The van der Waals surface area contributed by atoms with Crippen molar-refractivity contribution in [2.45, 2.75) is 19.9 Å². The number of hydrogen-bond donors (Lipinski definition) is 0. The highest BCUT2D eigenvalue weighted by molar-refractivity contribution is 7.17. The van der Waals surface area contributed by atoms with Gasteiger partial charge in [0.2, 0.25) is 0 Å². The van der Waals surface area contributed by atoms with E-state index < -0.39 is 0 Å². The van der Waals surface area contributed by atoms with Crippen molar-refractivity contribution in [3.8, 4) is 0 Å². The standard InChI is InChI=1S/C13H14N4OS/c1-8-10(6-16(3)15-8)9(2)17-7-14-11-4-5-19-12(11)13(17)18/h4-7,9H,1-3H3. The molecule has 6 heteroatoms. The highest BCUT2D eigenvalue weighted by Gasteiger charge is 2.16. The lowest BCUT2D eigenvalue weighted by molar-refractivity contribution is 0.606. The molecule has 5 nitrogen and oxygen atoms in total. The SMILES string of the molecule is Cc1nn(C)cc1C(C)n1cnc2ccsc2c1=O. The zero-order valence-electron chi connectivity index (χ0n) is 11.0. The molecule has 3 aromatic rings. The van der Waals surface area contributed by atoms with Crippen LogP contribution >= 0.6 is 11.3 Å². The maximum Gasteiger partial charge on any atom is 0.271 e.